The van der Waals surface area contributed by atoms with Crippen LogP contribution in [0.3, 0.4) is 0 Å². The number of anilines is 1. The number of hydrogen-bond donors (Lipinski definition) is 1. The minimum Gasteiger partial charge on any atom is -0.335 e. The van der Waals surface area contributed by atoms with Gasteiger partial charge in [0.2, 0.25) is 11.8 Å². The van der Waals surface area contributed by atoms with Crippen molar-refractivity contribution in [3.05, 3.63) is 68.9 Å². The summed E-state index contributed by atoms with van der Waals surface area (Å²) in [5.74, 6) is -0.637. The molecule has 4 aromatic rings. The molecular weight excluding hydrogens is 456 g/mol. The molecule has 0 saturated carbocycles. The van der Waals surface area contributed by atoms with Crippen molar-refractivity contribution in [2.24, 2.45) is 0 Å². The fraction of sp³-hybridized carbons (Fsp3) is 0.250. The molecule has 0 aliphatic rings. The van der Waals surface area contributed by atoms with Gasteiger partial charge in [-0.05, 0) is 37.1 Å². The maximum absolute atomic E-state index is 13.2. The van der Waals surface area contributed by atoms with Crippen molar-refractivity contribution >= 4 is 50.4 Å². The van der Waals surface area contributed by atoms with Gasteiger partial charge in [-0.15, -0.1) is 22.7 Å². The summed E-state index contributed by atoms with van der Waals surface area (Å²) in [6.07, 6.45) is 2.19. The van der Waals surface area contributed by atoms with E-state index >= 15 is 0 Å². The number of carbonyl (C=O) groups is 2. The normalized spacial score (nSPS) is 11.0. The van der Waals surface area contributed by atoms with E-state index in [0.717, 1.165) is 33.0 Å². The predicted molar refractivity (Wildman–Crippen MR) is 134 cm³/mol. The van der Waals surface area contributed by atoms with Gasteiger partial charge in [0.1, 0.15) is 11.4 Å². The van der Waals surface area contributed by atoms with Gasteiger partial charge >= 0.3 is 0 Å². The minimum atomic E-state index is -0.346. The molecule has 9 heteroatoms. The lowest BCUT2D eigenvalue weighted by molar-refractivity contribution is -0.133. The third kappa shape index (κ3) is 4.89. The van der Waals surface area contributed by atoms with E-state index in [2.05, 4.69) is 10.3 Å². The van der Waals surface area contributed by atoms with E-state index in [1.165, 1.54) is 27.1 Å². The predicted octanol–water partition coefficient (Wildman–Crippen LogP) is 4.15. The fourth-order valence-corrected chi connectivity index (χ4v) is 5.41. The van der Waals surface area contributed by atoms with Gasteiger partial charge < -0.3 is 10.2 Å². The molecule has 3 aromatic heterocycles. The van der Waals surface area contributed by atoms with E-state index in [9.17, 15) is 14.4 Å². The molecular formula is C24H24N4O3S2. The van der Waals surface area contributed by atoms with E-state index in [1.54, 1.807) is 18.4 Å². The number of hydrogen-bond acceptors (Lipinski definition) is 6. The molecule has 0 spiro atoms. The molecule has 0 aliphatic heterocycles. The number of nitrogens with zero attached hydrogens (tertiary/aromatic N) is 3. The quantitative estimate of drug-likeness (QED) is 0.431. The van der Waals surface area contributed by atoms with Crippen molar-refractivity contribution in [1.82, 2.24) is 14.5 Å². The first-order chi connectivity index (χ1) is 15.9. The molecule has 0 aliphatic carbocycles. The van der Waals surface area contributed by atoms with Crippen LogP contribution >= 0.6 is 22.7 Å². The summed E-state index contributed by atoms with van der Waals surface area (Å²) in [6, 6.07) is 11.6. The molecule has 0 unspecified atom stereocenters. The number of likely N-dealkylation sites (N-methyl/N-ethyl adjacent to an activating group) is 1. The molecule has 0 fully saturated rings. The lowest BCUT2D eigenvalue weighted by Gasteiger charge is -2.18. The maximum Gasteiger partial charge on any atom is 0.263 e. The van der Waals surface area contributed by atoms with Crippen molar-refractivity contribution < 1.29 is 9.59 Å². The number of nitrogens with one attached hydrogen (secondary N) is 1. The van der Waals surface area contributed by atoms with E-state index < -0.39 is 0 Å². The van der Waals surface area contributed by atoms with Gasteiger partial charge in [-0.1, -0.05) is 25.1 Å². The summed E-state index contributed by atoms with van der Waals surface area (Å²) in [5, 5.41) is 5.31. The molecule has 33 heavy (non-hydrogen) atoms. The zero-order valence-electron chi connectivity index (χ0n) is 18.6. The average molecular weight is 481 g/mol. The first kappa shape index (κ1) is 22.9. The third-order valence-electron chi connectivity index (χ3n) is 5.35. The molecule has 0 radical (unpaired) electrons. The molecule has 0 saturated heterocycles. The van der Waals surface area contributed by atoms with Crippen LogP contribution in [0, 0.1) is 6.92 Å². The van der Waals surface area contributed by atoms with Crippen molar-refractivity contribution in [2.75, 3.05) is 18.9 Å². The number of amides is 2. The SMILES string of the molecule is CCc1ccccc1NC(=O)CN(C)C(=O)Cn1cnc2scc(-c3ccc(C)s3)c2c1=O. The van der Waals surface area contributed by atoms with Crippen LogP contribution in [-0.2, 0) is 22.6 Å². The van der Waals surface area contributed by atoms with Crippen LogP contribution in [0.25, 0.3) is 20.7 Å². The summed E-state index contributed by atoms with van der Waals surface area (Å²) < 4.78 is 1.31. The molecule has 3 heterocycles. The second-order valence-electron chi connectivity index (χ2n) is 7.73. The summed E-state index contributed by atoms with van der Waals surface area (Å²) in [5.41, 5.74) is 2.35. The Kier molecular flexibility index (Phi) is 6.71. The Balaban J connectivity index is 1.48. The van der Waals surface area contributed by atoms with Gasteiger partial charge in [-0.25, -0.2) is 4.98 Å². The molecule has 0 atom stereocenters. The second kappa shape index (κ2) is 9.68. The number of carbonyl (C=O) groups excluding carboxylic acids is 2. The van der Waals surface area contributed by atoms with Gasteiger partial charge in [-0.2, -0.15) is 0 Å². The highest BCUT2D eigenvalue weighted by atomic mass is 32.1. The van der Waals surface area contributed by atoms with E-state index in [-0.39, 0.29) is 30.5 Å². The largest absolute Gasteiger partial charge is 0.335 e. The Morgan fingerprint density at radius 1 is 1.18 bits per heavy atom. The lowest BCUT2D eigenvalue weighted by atomic mass is 10.1. The van der Waals surface area contributed by atoms with Crippen LogP contribution in [0.5, 0.6) is 0 Å². The van der Waals surface area contributed by atoms with Crippen molar-refractivity contribution in [3.63, 3.8) is 0 Å². The number of aryl methyl sites for hydroxylation is 2. The number of rotatable bonds is 7. The Morgan fingerprint density at radius 2 is 1.97 bits per heavy atom. The zero-order chi connectivity index (χ0) is 23.5. The van der Waals surface area contributed by atoms with Crippen LogP contribution in [0.2, 0.25) is 0 Å². The zero-order valence-corrected chi connectivity index (χ0v) is 20.3. The van der Waals surface area contributed by atoms with Crippen LogP contribution < -0.4 is 10.9 Å². The molecule has 1 N–H and O–H groups in total. The van der Waals surface area contributed by atoms with Gasteiger partial charge in [-0.3, -0.25) is 19.0 Å². The number of benzene rings is 1. The Labute approximate surface area is 199 Å². The van der Waals surface area contributed by atoms with Gasteiger partial charge in [0.25, 0.3) is 5.56 Å². The standard InChI is InChI=1S/C24H24N4O3S2/c1-4-16-7-5-6-8-18(16)26-20(29)11-27(3)21(30)12-28-14-25-23-22(24(28)31)17(13-32-23)19-10-9-15(2)33-19/h5-10,13-14H,4,11-12H2,1-3H3,(H,26,29). The van der Waals surface area contributed by atoms with Gasteiger partial charge in [0, 0.05) is 33.4 Å². The summed E-state index contributed by atoms with van der Waals surface area (Å²) >= 11 is 3.03. The van der Waals surface area contributed by atoms with E-state index in [0.29, 0.717) is 10.2 Å². The molecule has 1 aromatic carbocycles. The first-order valence-electron chi connectivity index (χ1n) is 10.5. The molecule has 2 amide bonds. The molecule has 170 valence electrons. The first-order valence-corrected chi connectivity index (χ1v) is 12.2. The fourth-order valence-electron chi connectivity index (χ4n) is 3.55. The number of para-hydroxylation sites is 1. The average Bonchev–Trinajstić information content (AvgIpc) is 3.42. The smallest absolute Gasteiger partial charge is 0.263 e. The number of thiophene rings is 2. The van der Waals surface area contributed by atoms with Gasteiger partial charge in [0.15, 0.2) is 0 Å². The number of fused-ring (bicyclic) bond motifs is 1. The highest BCUT2D eigenvalue weighted by Crippen LogP contribution is 2.34. The van der Waals surface area contributed by atoms with Gasteiger partial charge in [0.05, 0.1) is 18.3 Å². The van der Waals surface area contributed by atoms with Crippen LogP contribution in [0.1, 0.15) is 17.4 Å². The topological polar surface area (TPSA) is 84.3 Å². The Morgan fingerprint density at radius 3 is 2.70 bits per heavy atom. The van der Waals surface area contributed by atoms with Crippen molar-refractivity contribution in [3.8, 4) is 10.4 Å². The van der Waals surface area contributed by atoms with Crippen molar-refractivity contribution in [2.45, 2.75) is 26.8 Å². The minimum absolute atomic E-state index is 0.112. The van der Waals surface area contributed by atoms with Crippen LogP contribution in [-0.4, -0.2) is 39.9 Å². The summed E-state index contributed by atoms with van der Waals surface area (Å²) in [6.45, 7) is 3.74. The molecule has 0 bridgehead atoms. The van der Waals surface area contributed by atoms with E-state index in [4.69, 9.17) is 0 Å². The maximum atomic E-state index is 13.2. The number of aromatic nitrogens is 2. The second-order valence-corrected chi connectivity index (χ2v) is 9.87. The summed E-state index contributed by atoms with van der Waals surface area (Å²) in [7, 11) is 1.55. The van der Waals surface area contributed by atoms with E-state index in [1.807, 2.05) is 55.6 Å². The lowest BCUT2D eigenvalue weighted by Crippen LogP contribution is -2.38. The monoisotopic (exact) mass is 480 g/mol. The Hall–Kier alpha value is -3.30. The third-order valence-corrected chi connectivity index (χ3v) is 7.27. The van der Waals surface area contributed by atoms with Crippen LogP contribution in [0.15, 0.2) is 52.9 Å². The van der Waals surface area contributed by atoms with Crippen LogP contribution in [0.4, 0.5) is 5.69 Å². The Bertz CT molecular complexity index is 1390. The molecule has 7 nitrogen and oxygen atoms in total. The molecule has 4 rings (SSSR count). The summed E-state index contributed by atoms with van der Waals surface area (Å²) in [4.78, 5) is 46.9. The highest BCUT2D eigenvalue weighted by molar-refractivity contribution is 7.19. The highest BCUT2D eigenvalue weighted by Gasteiger charge is 2.18. The van der Waals surface area contributed by atoms with Crippen molar-refractivity contribution in [1.29, 1.82) is 0 Å².